The molecule has 4 rings (SSSR count). The fourth-order valence-electron chi connectivity index (χ4n) is 9.20. The van der Waals surface area contributed by atoms with E-state index < -0.39 is 102 Å². The molecule has 292 valence electrons. The molecule has 0 amide bonds. The number of hydrogen-bond donors (Lipinski definition) is 4. The lowest BCUT2D eigenvalue weighted by molar-refractivity contribution is -0.318. The zero-order valence-electron chi connectivity index (χ0n) is 32.6. The Morgan fingerprint density at radius 2 is 1.56 bits per heavy atom. The van der Waals surface area contributed by atoms with Gasteiger partial charge in [0.25, 0.3) is 0 Å². The average molecular weight is 718 g/mol. The maximum absolute atomic E-state index is 14.1. The molecular formula is C37H67NO12. The Labute approximate surface area is 299 Å². The van der Waals surface area contributed by atoms with Gasteiger partial charge in [-0.2, -0.15) is 0 Å². The largest absolute Gasteiger partial charge is 0.459 e. The number of carbonyl (C=O) groups excluding carboxylic acids is 1. The number of fused-ring (bicyclic) bond motifs is 2. The lowest BCUT2D eigenvalue weighted by Gasteiger charge is -2.48. The maximum Gasteiger partial charge on any atom is 0.311 e. The van der Waals surface area contributed by atoms with Crippen LogP contribution >= 0.6 is 0 Å². The van der Waals surface area contributed by atoms with Crippen molar-refractivity contribution < 1.29 is 58.4 Å². The van der Waals surface area contributed by atoms with Crippen LogP contribution in [-0.4, -0.2) is 143 Å². The summed E-state index contributed by atoms with van der Waals surface area (Å²) in [6, 6.07) is -0.225. The van der Waals surface area contributed by atoms with E-state index >= 15 is 0 Å². The third-order valence-electron chi connectivity index (χ3n) is 12.4. The van der Waals surface area contributed by atoms with Gasteiger partial charge in [0.1, 0.15) is 23.9 Å². The van der Waals surface area contributed by atoms with Gasteiger partial charge in [0.2, 0.25) is 0 Å². The Morgan fingerprint density at radius 3 is 2.14 bits per heavy atom. The topological polar surface area (TPSA) is 166 Å². The zero-order valence-corrected chi connectivity index (χ0v) is 32.6. The summed E-state index contributed by atoms with van der Waals surface area (Å²) in [5.41, 5.74) is -3.76. The van der Waals surface area contributed by atoms with Gasteiger partial charge in [0.15, 0.2) is 12.6 Å². The summed E-state index contributed by atoms with van der Waals surface area (Å²) in [6.07, 6.45) is -7.51. The molecule has 13 nitrogen and oxygen atoms in total. The predicted octanol–water partition coefficient (Wildman–Crippen LogP) is 2.62. The van der Waals surface area contributed by atoms with Crippen molar-refractivity contribution >= 4 is 5.97 Å². The molecule has 4 heterocycles. The van der Waals surface area contributed by atoms with Gasteiger partial charge >= 0.3 is 5.97 Å². The Morgan fingerprint density at radius 1 is 0.920 bits per heavy atom. The van der Waals surface area contributed by atoms with Gasteiger partial charge in [-0.25, -0.2) is 0 Å². The van der Waals surface area contributed by atoms with E-state index in [2.05, 4.69) is 6.92 Å². The van der Waals surface area contributed by atoms with E-state index in [-0.39, 0.29) is 30.9 Å². The van der Waals surface area contributed by atoms with Crippen molar-refractivity contribution in [1.82, 2.24) is 4.90 Å². The molecule has 0 aromatic heterocycles. The van der Waals surface area contributed by atoms with Crippen molar-refractivity contribution in [2.45, 2.75) is 185 Å². The molecule has 0 spiro atoms. The molecule has 13 heteroatoms. The normalized spacial score (nSPS) is 52.6. The number of cyclic esters (lactones) is 1. The first-order valence-electron chi connectivity index (χ1n) is 18.6. The Balaban J connectivity index is 1.83. The summed E-state index contributed by atoms with van der Waals surface area (Å²) >= 11 is 0. The molecule has 4 N–H and O–H groups in total. The van der Waals surface area contributed by atoms with Crippen LogP contribution in [-0.2, 0) is 38.0 Å². The van der Waals surface area contributed by atoms with Crippen LogP contribution in [0, 0.1) is 23.7 Å². The van der Waals surface area contributed by atoms with Crippen LogP contribution in [0.3, 0.4) is 0 Å². The molecule has 4 aliphatic rings. The number of ether oxygens (including phenoxy) is 7. The smallest absolute Gasteiger partial charge is 0.311 e. The third-order valence-corrected chi connectivity index (χ3v) is 12.4. The quantitative estimate of drug-likeness (QED) is 0.284. The number of aliphatic hydroxyl groups is 4. The van der Waals surface area contributed by atoms with E-state index in [1.54, 1.807) is 27.7 Å². The van der Waals surface area contributed by atoms with E-state index in [4.69, 9.17) is 33.2 Å². The second kappa shape index (κ2) is 15.8. The zero-order chi connectivity index (χ0) is 37.7. The maximum atomic E-state index is 14.1. The van der Waals surface area contributed by atoms with Crippen LogP contribution in [0.25, 0.3) is 0 Å². The number of nitrogens with zero attached hydrogens (tertiary/aromatic N) is 1. The van der Waals surface area contributed by atoms with Crippen LogP contribution in [0.15, 0.2) is 0 Å². The van der Waals surface area contributed by atoms with Gasteiger partial charge in [0.05, 0.1) is 53.7 Å². The van der Waals surface area contributed by atoms with Crippen molar-refractivity contribution in [3.05, 3.63) is 0 Å². The molecule has 0 radical (unpaired) electrons. The molecule has 4 saturated heterocycles. The Kier molecular flexibility index (Phi) is 13.2. The molecule has 0 saturated carbocycles. The Hall–Kier alpha value is -0.970. The van der Waals surface area contributed by atoms with Gasteiger partial charge in [0, 0.05) is 31.4 Å². The average Bonchev–Trinajstić information content (AvgIpc) is 3.37. The summed E-state index contributed by atoms with van der Waals surface area (Å²) < 4.78 is 44.8. The second-order valence-electron chi connectivity index (χ2n) is 16.8. The summed E-state index contributed by atoms with van der Waals surface area (Å²) in [6.45, 7) is 18.3. The Bertz CT molecular complexity index is 1140. The highest BCUT2D eigenvalue weighted by atomic mass is 16.7. The van der Waals surface area contributed by atoms with Crippen LogP contribution in [0.2, 0.25) is 0 Å². The molecule has 50 heavy (non-hydrogen) atoms. The molecule has 0 unspecified atom stereocenters. The summed E-state index contributed by atoms with van der Waals surface area (Å²) in [5.74, 6) is -2.72. The minimum Gasteiger partial charge on any atom is -0.459 e. The van der Waals surface area contributed by atoms with Gasteiger partial charge < -0.3 is 58.5 Å². The fourth-order valence-corrected chi connectivity index (χ4v) is 9.20. The standard InChI is InChI=1S/C37H67NO12/c1-14-25-37(10,43)30(40)20(4)28-18(2)16-36(9,50-28)32(49-34-27(39)24(38(11)12)15-19(3)45-34)21(5)29(22(6)33(42)47-25)48-26-17-35(8,44-13)31(41)23(7)46-26/h18-32,34,39-41,43H,14-17H2,1-13H3/t18-,19+,20-,21-,22+,23+,24-,25+,26-,27+,28+,29-,30+,31+,32+,34-,35-,36-,37+/m0/s1. The minimum atomic E-state index is -1.78. The second-order valence-corrected chi connectivity index (χ2v) is 16.8. The molecule has 2 bridgehead atoms. The lowest BCUT2D eigenvalue weighted by Crippen LogP contribution is -2.60. The van der Waals surface area contributed by atoms with Crippen molar-refractivity contribution in [1.29, 1.82) is 0 Å². The molecular weight excluding hydrogens is 650 g/mol. The molecule has 0 aliphatic carbocycles. The van der Waals surface area contributed by atoms with Gasteiger partial charge in [-0.3, -0.25) is 4.79 Å². The number of methoxy groups -OCH3 is 1. The SMILES string of the molecule is CC[C@H]1OC(=O)[C@H](C)[C@@H](O[C@H]2C[C@](C)(OC)[C@H](O)[C@@H](C)O2)[C@H](C)[C@@H](O[C@@H]2O[C@H](C)C[C@H](N(C)C)[C@H]2O)[C@]2(C)C[C@H](C)[C@@H](O2)[C@H](C)[C@@H](O)[C@]1(C)O. The fraction of sp³-hybridized carbons (Fsp3) is 0.973. The summed E-state index contributed by atoms with van der Waals surface area (Å²) in [4.78, 5) is 16.1. The monoisotopic (exact) mass is 717 g/mol. The number of carbonyl (C=O) groups is 1. The van der Waals surface area contributed by atoms with Crippen LogP contribution in [0.4, 0.5) is 0 Å². The highest BCUT2D eigenvalue weighted by Gasteiger charge is 2.58. The number of aliphatic hydroxyl groups excluding tert-OH is 3. The molecule has 19 atom stereocenters. The summed E-state index contributed by atoms with van der Waals surface area (Å²) in [7, 11) is 5.36. The number of rotatable bonds is 7. The first-order valence-corrected chi connectivity index (χ1v) is 18.6. The van der Waals surface area contributed by atoms with Crippen LogP contribution in [0.5, 0.6) is 0 Å². The first-order chi connectivity index (χ1) is 23.1. The first kappa shape index (κ1) is 41.8. The highest BCUT2D eigenvalue weighted by molar-refractivity contribution is 5.73. The molecule has 4 aliphatic heterocycles. The van der Waals surface area contributed by atoms with Crippen molar-refractivity contribution in [2.75, 3.05) is 21.2 Å². The van der Waals surface area contributed by atoms with Gasteiger partial charge in [-0.15, -0.1) is 0 Å². The number of hydrogen-bond acceptors (Lipinski definition) is 13. The van der Waals surface area contributed by atoms with Crippen LogP contribution < -0.4 is 0 Å². The van der Waals surface area contributed by atoms with E-state index in [0.717, 1.165) is 0 Å². The van der Waals surface area contributed by atoms with Crippen molar-refractivity contribution in [3.8, 4) is 0 Å². The van der Waals surface area contributed by atoms with E-state index in [0.29, 0.717) is 12.8 Å². The molecule has 4 fully saturated rings. The molecule has 0 aromatic carbocycles. The lowest BCUT2D eigenvalue weighted by atomic mass is 9.76. The van der Waals surface area contributed by atoms with Crippen molar-refractivity contribution in [3.63, 3.8) is 0 Å². The number of esters is 1. The van der Waals surface area contributed by atoms with Crippen molar-refractivity contribution in [2.24, 2.45) is 23.7 Å². The minimum absolute atomic E-state index is 0.0572. The molecule has 0 aromatic rings. The van der Waals surface area contributed by atoms with E-state index in [9.17, 15) is 25.2 Å². The number of likely N-dealkylation sites (N-methyl/N-ethyl adjacent to an activating group) is 1. The predicted molar refractivity (Wildman–Crippen MR) is 184 cm³/mol. The third kappa shape index (κ3) is 8.08. The van der Waals surface area contributed by atoms with E-state index in [1.165, 1.54) is 14.0 Å². The highest BCUT2D eigenvalue weighted by Crippen LogP contribution is 2.48. The van der Waals surface area contributed by atoms with E-state index in [1.807, 2.05) is 46.7 Å². The van der Waals surface area contributed by atoms with Gasteiger partial charge in [-0.1, -0.05) is 27.7 Å². The van der Waals surface area contributed by atoms with Gasteiger partial charge in [-0.05, 0) is 80.8 Å². The van der Waals surface area contributed by atoms with Crippen LogP contribution in [0.1, 0.15) is 94.9 Å². The summed E-state index contributed by atoms with van der Waals surface area (Å²) in [5, 5.41) is 45.9.